The Morgan fingerprint density at radius 1 is 1.10 bits per heavy atom. The van der Waals surface area contributed by atoms with Gasteiger partial charge in [-0.15, -0.1) is 11.3 Å². The van der Waals surface area contributed by atoms with E-state index in [0.717, 1.165) is 50.2 Å². The van der Waals surface area contributed by atoms with Crippen molar-refractivity contribution in [2.75, 3.05) is 18.4 Å². The molecule has 0 saturated carbocycles. The summed E-state index contributed by atoms with van der Waals surface area (Å²) in [6.45, 7) is 1.66. The van der Waals surface area contributed by atoms with Crippen LogP contribution in [0.15, 0.2) is 0 Å². The lowest BCUT2D eigenvalue weighted by atomic mass is 9.96. The van der Waals surface area contributed by atoms with Crippen LogP contribution in [-0.2, 0) is 12.8 Å². The number of hydrogen-bond donors (Lipinski definition) is 1. The molecule has 1 fully saturated rings. The molecule has 0 radical (unpaired) electrons. The number of nitrogens with one attached hydrogen (secondary N) is 1. The van der Waals surface area contributed by atoms with Gasteiger partial charge in [-0.25, -0.2) is 4.79 Å². The van der Waals surface area contributed by atoms with Crippen LogP contribution in [-0.4, -0.2) is 24.0 Å². The molecule has 2 heterocycles. The zero-order valence-electron chi connectivity index (χ0n) is 12.3. The first-order valence-corrected chi connectivity index (χ1v) is 8.72. The summed E-state index contributed by atoms with van der Waals surface area (Å²) < 4.78 is 0. The normalized spacial score (nSPS) is 18.5. The molecule has 1 saturated heterocycles. The molecule has 1 N–H and O–H groups in total. The summed E-state index contributed by atoms with van der Waals surface area (Å²) in [6, 6.07) is 2.27. The third-order valence-electron chi connectivity index (χ3n) is 4.40. The molecular weight excluding hydrogens is 282 g/mol. The van der Waals surface area contributed by atoms with Gasteiger partial charge < -0.3 is 4.90 Å². The van der Waals surface area contributed by atoms with Crippen molar-refractivity contribution in [3.05, 3.63) is 16.0 Å². The summed E-state index contributed by atoms with van der Waals surface area (Å²) in [6.07, 6.45) is 8.96. The van der Waals surface area contributed by atoms with Crippen molar-refractivity contribution in [1.82, 2.24) is 4.90 Å². The zero-order valence-corrected chi connectivity index (χ0v) is 13.1. The standard InChI is InChI=1S/C16H21N3OS/c17-11-13-12-7-3-4-8-14(12)21-15(13)18-16(20)19-9-5-1-2-6-10-19/h1-10H2,(H,18,20). The Bertz CT molecular complexity index is 565. The number of nitriles is 1. The van der Waals surface area contributed by atoms with Crippen LogP contribution in [0.3, 0.4) is 0 Å². The number of fused-ring (bicyclic) bond motifs is 1. The number of amides is 2. The fourth-order valence-corrected chi connectivity index (χ4v) is 4.45. The van der Waals surface area contributed by atoms with Gasteiger partial charge in [-0.3, -0.25) is 5.32 Å². The predicted molar refractivity (Wildman–Crippen MR) is 84.7 cm³/mol. The smallest absolute Gasteiger partial charge is 0.322 e. The molecule has 5 heteroatoms. The number of carbonyl (C=O) groups excluding carboxylic acids is 1. The second-order valence-electron chi connectivity index (χ2n) is 5.86. The molecule has 0 bridgehead atoms. The Labute approximate surface area is 129 Å². The minimum Gasteiger partial charge on any atom is -0.325 e. The summed E-state index contributed by atoms with van der Waals surface area (Å²) in [5.74, 6) is 0. The van der Waals surface area contributed by atoms with Crippen molar-refractivity contribution in [1.29, 1.82) is 5.26 Å². The molecule has 2 amide bonds. The maximum atomic E-state index is 12.4. The van der Waals surface area contributed by atoms with Crippen molar-refractivity contribution in [2.24, 2.45) is 0 Å². The number of nitrogens with zero attached hydrogens (tertiary/aromatic N) is 2. The average Bonchev–Trinajstić information content (AvgIpc) is 2.67. The Morgan fingerprint density at radius 3 is 2.52 bits per heavy atom. The van der Waals surface area contributed by atoms with Gasteiger partial charge in [0.05, 0.1) is 5.56 Å². The highest BCUT2D eigenvalue weighted by Gasteiger charge is 2.23. The SMILES string of the molecule is N#Cc1c(NC(=O)N2CCCCCC2)sc2c1CCCC2. The van der Waals surface area contributed by atoms with Crippen molar-refractivity contribution in [3.63, 3.8) is 0 Å². The van der Waals surface area contributed by atoms with Crippen LogP contribution in [0.1, 0.15) is 54.5 Å². The number of urea groups is 1. The molecule has 21 heavy (non-hydrogen) atoms. The number of hydrogen-bond acceptors (Lipinski definition) is 3. The van der Waals surface area contributed by atoms with Crippen molar-refractivity contribution in [2.45, 2.75) is 51.4 Å². The second-order valence-corrected chi connectivity index (χ2v) is 6.96. The summed E-state index contributed by atoms with van der Waals surface area (Å²) >= 11 is 1.60. The van der Waals surface area contributed by atoms with E-state index in [1.807, 2.05) is 4.90 Å². The molecule has 1 aliphatic carbocycles. The van der Waals surface area contributed by atoms with Crippen LogP contribution < -0.4 is 5.32 Å². The highest BCUT2D eigenvalue weighted by atomic mass is 32.1. The highest BCUT2D eigenvalue weighted by Crippen LogP contribution is 2.37. The largest absolute Gasteiger partial charge is 0.325 e. The Morgan fingerprint density at radius 2 is 1.81 bits per heavy atom. The van der Waals surface area contributed by atoms with Crippen LogP contribution in [0.2, 0.25) is 0 Å². The molecule has 0 spiro atoms. The number of carbonyl (C=O) groups is 1. The van der Waals surface area contributed by atoms with Gasteiger partial charge in [-0.1, -0.05) is 12.8 Å². The molecular formula is C16H21N3OS. The maximum absolute atomic E-state index is 12.4. The lowest BCUT2D eigenvalue weighted by Crippen LogP contribution is -2.35. The van der Waals surface area contributed by atoms with E-state index in [-0.39, 0.29) is 6.03 Å². The van der Waals surface area contributed by atoms with Gasteiger partial charge in [0.1, 0.15) is 11.1 Å². The Hall–Kier alpha value is -1.54. The predicted octanol–water partition coefficient (Wildman–Crippen LogP) is 3.91. The van der Waals surface area contributed by atoms with Crippen LogP contribution >= 0.6 is 11.3 Å². The maximum Gasteiger partial charge on any atom is 0.322 e. The van der Waals surface area contributed by atoms with Crippen LogP contribution in [0.5, 0.6) is 0 Å². The quantitative estimate of drug-likeness (QED) is 0.855. The molecule has 0 aromatic carbocycles. The van der Waals surface area contributed by atoms with E-state index >= 15 is 0 Å². The van der Waals surface area contributed by atoms with Crippen molar-refractivity contribution in [3.8, 4) is 6.07 Å². The van der Waals surface area contributed by atoms with Crippen LogP contribution in [0.25, 0.3) is 0 Å². The Kier molecular flexibility index (Phi) is 4.45. The molecule has 2 aliphatic rings. The lowest BCUT2D eigenvalue weighted by Gasteiger charge is -2.20. The van der Waals surface area contributed by atoms with E-state index in [4.69, 9.17) is 0 Å². The fourth-order valence-electron chi connectivity index (χ4n) is 3.22. The minimum absolute atomic E-state index is 0.0352. The minimum atomic E-state index is -0.0352. The molecule has 4 nitrogen and oxygen atoms in total. The highest BCUT2D eigenvalue weighted by molar-refractivity contribution is 7.16. The molecule has 1 aromatic rings. The van der Waals surface area contributed by atoms with Crippen LogP contribution in [0, 0.1) is 11.3 Å². The summed E-state index contributed by atoms with van der Waals surface area (Å²) in [4.78, 5) is 15.6. The topological polar surface area (TPSA) is 56.1 Å². The second kappa shape index (κ2) is 6.48. The summed E-state index contributed by atoms with van der Waals surface area (Å²) in [5.41, 5.74) is 1.89. The lowest BCUT2D eigenvalue weighted by molar-refractivity contribution is 0.214. The van der Waals surface area contributed by atoms with Gasteiger partial charge in [0, 0.05) is 18.0 Å². The van der Waals surface area contributed by atoms with E-state index in [0.29, 0.717) is 5.56 Å². The summed E-state index contributed by atoms with van der Waals surface area (Å²) in [7, 11) is 0. The van der Waals surface area contributed by atoms with Crippen LogP contribution in [0.4, 0.5) is 9.80 Å². The van der Waals surface area contributed by atoms with Gasteiger partial charge in [-0.2, -0.15) is 5.26 Å². The summed E-state index contributed by atoms with van der Waals surface area (Å²) in [5, 5.41) is 13.2. The average molecular weight is 303 g/mol. The van der Waals surface area contributed by atoms with E-state index < -0.39 is 0 Å². The monoisotopic (exact) mass is 303 g/mol. The van der Waals surface area contributed by atoms with Gasteiger partial charge in [0.2, 0.25) is 0 Å². The van der Waals surface area contributed by atoms with E-state index in [2.05, 4.69) is 11.4 Å². The molecule has 0 atom stereocenters. The van der Waals surface area contributed by atoms with Gasteiger partial charge in [-0.05, 0) is 44.1 Å². The number of likely N-dealkylation sites (tertiary alicyclic amines) is 1. The molecule has 1 aromatic heterocycles. The fraction of sp³-hybridized carbons (Fsp3) is 0.625. The molecule has 3 rings (SSSR count). The van der Waals surface area contributed by atoms with Crippen molar-refractivity contribution < 1.29 is 4.79 Å². The van der Waals surface area contributed by atoms with E-state index in [9.17, 15) is 10.1 Å². The zero-order chi connectivity index (χ0) is 14.7. The Balaban J connectivity index is 1.76. The van der Waals surface area contributed by atoms with Gasteiger partial charge >= 0.3 is 6.03 Å². The molecule has 112 valence electrons. The molecule has 0 unspecified atom stereocenters. The first-order chi connectivity index (χ1) is 10.3. The van der Waals surface area contributed by atoms with Gasteiger partial charge in [0.25, 0.3) is 0 Å². The van der Waals surface area contributed by atoms with Crippen molar-refractivity contribution >= 4 is 22.4 Å². The van der Waals surface area contributed by atoms with Gasteiger partial charge in [0.15, 0.2) is 0 Å². The number of rotatable bonds is 1. The number of thiophene rings is 1. The number of aryl methyl sites for hydroxylation is 1. The molecule has 1 aliphatic heterocycles. The first-order valence-electron chi connectivity index (χ1n) is 7.90. The first kappa shape index (κ1) is 14.4. The number of anilines is 1. The van der Waals surface area contributed by atoms with E-state index in [1.165, 1.54) is 29.7 Å². The van der Waals surface area contributed by atoms with E-state index in [1.54, 1.807) is 11.3 Å². The third kappa shape index (κ3) is 3.06. The third-order valence-corrected chi connectivity index (χ3v) is 5.60.